The molecule has 0 spiro atoms. The van der Waals surface area contributed by atoms with Gasteiger partial charge in [-0.3, -0.25) is 4.99 Å². The highest BCUT2D eigenvalue weighted by atomic mass is 35.5. The lowest BCUT2D eigenvalue weighted by Crippen LogP contribution is -2.09. The smallest absolute Gasteiger partial charge is 0.142 e. The number of hydrogen-bond donors (Lipinski definition) is 1. The summed E-state index contributed by atoms with van der Waals surface area (Å²) in [6.07, 6.45) is 12.3. The number of anilines is 2. The number of thiophene rings is 2. The highest BCUT2D eigenvalue weighted by Gasteiger charge is 2.24. The van der Waals surface area contributed by atoms with Gasteiger partial charge in [0.15, 0.2) is 0 Å². The average Bonchev–Trinajstić information content (AvgIpc) is 3.64. The molecule has 0 bridgehead atoms. The Morgan fingerprint density at radius 3 is 2.23 bits per heavy atom. The Bertz CT molecular complexity index is 1790. The molecule has 40 heavy (non-hydrogen) atoms. The Kier molecular flexibility index (Phi) is 6.80. The van der Waals surface area contributed by atoms with Crippen LogP contribution in [0.5, 0.6) is 0 Å². The maximum atomic E-state index is 6.13. The molecule has 0 radical (unpaired) electrons. The molecule has 2 aliphatic carbocycles. The molecule has 9 heteroatoms. The zero-order valence-corrected chi connectivity index (χ0v) is 25.3. The van der Waals surface area contributed by atoms with Gasteiger partial charge in [0.1, 0.15) is 33.3 Å². The van der Waals surface area contributed by atoms with Gasteiger partial charge in [0.05, 0.1) is 17.3 Å². The van der Waals surface area contributed by atoms with Gasteiger partial charge in [0.25, 0.3) is 0 Å². The Labute approximate surface area is 247 Å². The lowest BCUT2D eigenvalue weighted by Gasteiger charge is -2.18. The van der Waals surface area contributed by atoms with Gasteiger partial charge < -0.3 is 5.32 Å². The number of nitrogens with one attached hydrogen (secondary N) is 1. The molecule has 0 amide bonds. The van der Waals surface area contributed by atoms with E-state index in [0.717, 1.165) is 57.8 Å². The third-order valence-corrected chi connectivity index (χ3v) is 11.0. The van der Waals surface area contributed by atoms with Gasteiger partial charge in [0.2, 0.25) is 0 Å². The number of benzene rings is 1. The summed E-state index contributed by atoms with van der Waals surface area (Å²) >= 11 is 9.75. The number of nitrogens with zero attached hydrogens (tertiary/aromatic N) is 5. The van der Waals surface area contributed by atoms with Crippen molar-refractivity contribution in [3.63, 3.8) is 0 Å². The Morgan fingerprint density at radius 1 is 0.850 bits per heavy atom. The molecule has 204 valence electrons. The first-order valence-electron chi connectivity index (χ1n) is 14.0. The van der Waals surface area contributed by atoms with Crippen molar-refractivity contribution in [3.8, 4) is 0 Å². The van der Waals surface area contributed by atoms with Gasteiger partial charge in [0, 0.05) is 21.7 Å². The largest absolute Gasteiger partial charge is 0.339 e. The number of fused-ring (bicyclic) bond motifs is 7. The summed E-state index contributed by atoms with van der Waals surface area (Å²) in [6, 6.07) is 4.42. The zero-order chi connectivity index (χ0) is 27.4. The van der Waals surface area contributed by atoms with Crippen LogP contribution >= 0.6 is 34.3 Å². The summed E-state index contributed by atoms with van der Waals surface area (Å²) in [4.78, 5) is 27.0. The van der Waals surface area contributed by atoms with Gasteiger partial charge in [-0.1, -0.05) is 31.5 Å². The normalized spacial score (nSPS) is 19.2. The van der Waals surface area contributed by atoms with Crippen LogP contribution in [0.25, 0.3) is 20.4 Å². The quantitative estimate of drug-likeness (QED) is 0.211. The van der Waals surface area contributed by atoms with Gasteiger partial charge >= 0.3 is 0 Å². The second-order valence-electron chi connectivity index (χ2n) is 11.4. The van der Waals surface area contributed by atoms with Crippen molar-refractivity contribution in [1.82, 2.24) is 19.9 Å². The number of hydrogen-bond acceptors (Lipinski definition) is 8. The molecular weight excluding hydrogens is 556 g/mol. The maximum absolute atomic E-state index is 6.13. The standard InChI is InChI=1S/C20H20N4S.C11H11ClN2S/c1-11-3-4-15-17(5-11)25-20-18(15)19(22-10-23-20)24-16-7-14-9-21-8-13(14)6-12(16)2;1-6-2-3-7-8(4-6)15-11-9(7)10(12)13-5-14-11/h6-7,9-11H,3-5,8H2,1-2H3,(H,22,23,24);5-6H,2-4H2,1H3. The molecule has 1 aliphatic heterocycles. The predicted molar refractivity (Wildman–Crippen MR) is 168 cm³/mol. The summed E-state index contributed by atoms with van der Waals surface area (Å²) in [7, 11) is 0. The molecule has 5 aromatic rings. The van der Waals surface area contributed by atoms with E-state index in [1.165, 1.54) is 68.6 Å². The van der Waals surface area contributed by atoms with Crippen molar-refractivity contribution in [3.05, 3.63) is 67.5 Å². The van der Waals surface area contributed by atoms with E-state index in [-0.39, 0.29) is 0 Å². The molecule has 0 saturated heterocycles. The number of aliphatic imine (C=N–C) groups is 1. The van der Waals surface area contributed by atoms with E-state index in [1.54, 1.807) is 24.0 Å². The lowest BCUT2D eigenvalue weighted by atomic mass is 9.89. The first kappa shape index (κ1) is 26.0. The van der Waals surface area contributed by atoms with Crippen LogP contribution in [-0.4, -0.2) is 26.2 Å². The maximum Gasteiger partial charge on any atom is 0.142 e. The fourth-order valence-electron chi connectivity index (χ4n) is 6.15. The van der Waals surface area contributed by atoms with Crippen molar-refractivity contribution in [2.24, 2.45) is 16.8 Å². The highest BCUT2D eigenvalue weighted by molar-refractivity contribution is 7.19. The second-order valence-corrected chi connectivity index (χ2v) is 13.9. The summed E-state index contributed by atoms with van der Waals surface area (Å²) in [5, 5.41) is 6.53. The van der Waals surface area contributed by atoms with Crippen LogP contribution in [0.3, 0.4) is 0 Å². The topological polar surface area (TPSA) is 76.0 Å². The van der Waals surface area contributed by atoms with Crippen LogP contribution in [-0.2, 0) is 32.2 Å². The minimum Gasteiger partial charge on any atom is -0.339 e. The Balaban J connectivity index is 0.000000150. The minimum atomic E-state index is 0.618. The van der Waals surface area contributed by atoms with Crippen LogP contribution in [0.2, 0.25) is 5.15 Å². The minimum absolute atomic E-state index is 0.618. The summed E-state index contributed by atoms with van der Waals surface area (Å²) in [6.45, 7) is 7.59. The fraction of sp³-hybridized carbons (Fsp3) is 0.387. The number of rotatable bonds is 2. The summed E-state index contributed by atoms with van der Waals surface area (Å²) < 4.78 is 0. The number of halogens is 1. The number of aromatic nitrogens is 4. The van der Waals surface area contributed by atoms with Crippen molar-refractivity contribution < 1.29 is 0 Å². The summed E-state index contributed by atoms with van der Waals surface area (Å²) in [5.41, 5.74) is 7.71. The molecule has 2 atom stereocenters. The molecule has 6 nitrogen and oxygen atoms in total. The second kappa shape index (κ2) is 10.5. The highest BCUT2D eigenvalue weighted by Crippen LogP contribution is 2.41. The third kappa shape index (κ3) is 4.70. The molecule has 1 N–H and O–H groups in total. The average molecular weight is 587 g/mol. The molecule has 0 fully saturated rings. The van der Waals surface area contributed by atoms with E-state index in [2.05, 4.69) is 63.1 Å². The molecule has 8 rings (SSSR count). The first-order chi connectivity index (χ1) is 19.4. The molecule has 5 heterocycles. The van der Waals surface area contributed by atoms with Crippen LogP contribution in [0.4, 0.5) is 11.5 Å². The Morgan fingerprint density at radius 2 is 1.50 bits per heavy atom. The molecule has 0 saturated carbocycles. The molecule has 2 unspecified atom stereocenters. The van der Waals surface area contributed by atoms with Crippen LogP contribution in [0, 0.1) is 18.8 Å². The van der Waals surface area contributed by atoms with Gasteiger partial charge in [-0.15, -0.1) is 22.7 Å². The van der Waals surface area contributed by atoms with Crippen molar-refractivity contribution >= 4 is 72.4 Å². The predicted octanol–water partition coefficient (Wildman–Crippen LogP) is 8.27. The van der Waals surface area contributed by atoms with E-state index in [1.807, 2.05) is 17.6 Å². The van der Waals surface area contributed by atoms with E-state index < -0.39 is 0 Å². The first-order valence-corrected chi connectivity index (χ1v) is 16.0. The molecule has 1 aromatic carbocycles. The molecule has 4 aromatic heterocycles. The molecular formula is C31H31ClN6S2. The van der Waals surface area contributed by atoms with E-state index in [9.17, 15) is 0 Å². The van der Waals surface area contributed by atoms with Crippen LogP contribution in [0.15, 0.2) is 29.8 Å². The van der Waals surface area contributed by atoms with E-state index >= 15 is 0 Å². The monoisotopic (exact) mass is 586 g/mol. The van der Waals surface area contributed by atoms with Gasteiger partial charge in [-0.2, -0.15) is 0 Å². The zero-order valence-electron chi connectivity index (χ0n) is 22.9. The Hall–Kier alpha value is -2.94. The summed E-state index contributed by atoms with van der Waals surface area (Å²) in [5.74, 6) is 2.50. The van der Waals surface area contributed by atoms with Gasteiger partial charge in [-0.25, -0.2) is 19.9 Å². The van der Waals surface area contributed by atoms with Gasteiger partial charge in [-0.05, 0) is 91.2 Å². The fourth-order valence-corrected chi connectivity index (χ4v) is 9.16. The van der Waals surface area contributed by atoms with Crippen molar-refractivity contribution in [1.29, 1.82) is 0 Å². The van der Waals surface area contributed by atoms with Crippen molar-refractivity contribution in [2.45, 2.75) is 65.8 Å². The van der Waals surface area contributed by atoms with Crippen LogP contribution in [0.1, 0.15) is 64.3 Å². The molecule has 3 aliphatic rings. The van der Waals surface area contributed by atoms with Crippen LogP contribution < -0.4 is 5.32 Å². The third-order valence-electron chi connectivity index (χ3n) is 8.37. The van der Waals surface area contributed by atoms with Crippen molar-refractivity contribution in [2.75, 3.05) is 5.32 Å². The van der Waals surface area contributed by atoms with E-state index in [0.29, 0.717) is 5.15 Å². The lowest BCUT2D eigenvalue weighted by molar-refractivity contribution is 0.509. The number of aryl methyl sites for hydroxylation is 3. The van der Waals surface area contributed by atoms with E-state index in [4.69, 9.17) is 11.6 Å². The SMILES string of the molecule is CC1CCc2c(sc3ncnc(Cl)c23)C1.Cc1cc2c(cc1Nc1ncnc3sc4c(c13)CCC(C)C4)C=NC2.